The van der Waals surface area contributed by atoms with Crippen LogP contribution in [0.1, 0.15) is 6.92 Å². The molecule has 1 aliphatic rings. The molecule has 0 bridgehead atoms. The molecule has 0 saturated carbocycles. The van der Waals surface area contributed by atoms with Gasteiger partial charge >= 0.3 is 0 Å². The highest BCUT2D eigenvalue weighted by molar-refractivity contribution is 7.91. The van der Waals surface area contributed by atoms with Crippen molar-refractivity contribution in [1.82, 2.24) is 19.4 Å². The fraction of sp³-hybridized carbons (Fsp3) is 0.750. The van der Waals surface area contributed by atoms with Crippen LogP contribution in [-0.2, 0) is 10.0 Å². The first-order valence-corrected chi connectivity index (χ1v) is 7.61. The summed E-state index contributed by atoms with van der Waals surface area (Å²) in [7, 11) is -3.50. The summed E-state index contributed by atoms with van der Waals surface area (Å²) >= 11 is 0.907. The van der Waals surface area contributed by atoms with Gasteiger partial charge in [0.15, 0.2) is 0 Å². The van der Waals surface area contributed by atoms with Crippen molar-refractivity contribution < 1.29 is 8.42 Å². The average Bonchev–Trinajstić information content (AvgIpc) is 2.77. The van der Waals surface area contributed by atoms with Gasteiger partial charge in [-0.25, -0.2) is 8.42 Å². The topological polar surface area (TPSA) is 92.4 Å². The first-order valence-electron chi connectivity index (χ1n) is 5.35. The van der Waals surface area contributed by atoms with Crippen molar-refractivity contribution in [3.63, 3.8) is 0 Å². The fourth-order valence-electron chi connectivity index (χ4n) is 1.72. The number of nitrogens with zero attached hydrogens (tertiary/aromatic N) is 4. The Hall–Kier alpha value is -0.770. The number of hydrogen-bond donors (Lipinski definition) is 1. The lowest BCUT2D eigenvalue weighted by molar-refractivity contribution is 0.196. The Morgan fingerprint density at radius 3 is 2.41 bits per heavy atom. The summed E-state index contributed by atoms with van der Waals surface area (Å²) in [6, 6.07) is 0. The van der Waals surface area contributed by atoms with Gasteiger partial charge in [-0.05, 0) is 6.54 Å². The van der Waals surface area contributed by atoms with Crippen LogP contribution in [0, 0.1) is 0 Å². The van der Waals surface area contributed by atoms with E-state index in [1.807, 2.05) is 0 Å². The molecule has 0 aromatic carbocycles. The van der Waals surface area contributed by atoms with Crippen LogP contribution in [-0.4, -0.2) is 60.5 Å². The number of likely N-dealkylation sites (N-methyl/N-ethyl adjacent to an activating group) is 1. The van der Waals surface area contributed by atoms with Gasteiger partial charge in [-0.3, -0.25) is 0 Å². The highest BCUT2D eigenvalue weighted by Crippen LogP contribution is 2.22. The Kier molecular flexibility index (Phi) is 3.61. The molecule has 0 spiro atoms. The summed E-state index contributed by atoms with van der Waals surface area (Å²) in [5.74, 6) is 0. The Balaban J connectivity index is 2.12. The molecule has 1 aromatic rings. The number of hydrogen-bond acceptors (Lipinski definition) is 7. The minimum Gasteiger partial charge on any atom is -0.374 e. The van der Waals surface area contributed by atoms with Crippen LogP contribution in [0.3, 0.4) is 0 Å². The third-order valence-electron chi connectivity index (χ3n) is 2.76. The van der Waals surface area contributed by atoms with Crippen LogP contribution >= 0.6 is 11.3 Å². The van der Waals surface area contributed by atoms with E-state index in [0.717, 1.165) is 31.0 Å². The summed E-state index contributed by atoms with van der Waals surface area (Å²) in [6.07, 6.45) is 0. The molecular formula is C8H15N5O2S2. The van der Waals surface area contributed by atoms with Crippen molar-refractivity contribution in [2.45, 2.75) is 11.3 Å². The zero-order chi connectivity index (χ0) is 12.5. The van der Waals surface area contributed by atoms with Crippen LogP contribution in [0.2, 0.25) is 0 Å². The van der Waals surface area contributed by atoms with Crippen molar-refractivity contribution in [1.29, 1.82) is 0 Å². The lowest BCUT2D eigenvalue weighted by Gasteiger charge is -2.32. The van der Waals surface area contributed by atoms with Crippen LogP contribution in [0.25, 0.3) is 0 Å². The molecule has 0 aliphatic carbocycles. The molecule has 9 heteroatoms. The Morgan fingerprint density at radius 2 is 1.94 bits per heavy atom. The summed E-state index contributed by atoms with van der Waals surface area (Å²) < 4.78 is 25.7. The first kappa shape index (κ1) is 12.7. The molecule has 2 rings (SSSR count). The van der Waals surface area contributed by atoms with E-state index in [1.54, 1.807) is 0 Å². The smallest absolute Gasteiger partial charge is 0.272 e. The van der Waals surface area contributed by atoms with Gasteiger partial charge in [-0.2, -0.15) is 4.31 Å². The summed E-state index contributed by atoms with van der Waals surface area (Å²) in [4.78, 5) is 2.21. The van der Waals surface area contributed by atoms with Crippen molar-refractivity contribution >= 4 is 26.5 Å². The van der Waals surface area contributed by atoms with Gasteiger partial charge in [0.2, 0.25) is 9.47 Å². The molecule has 17 heavy (non-hydrogen) atoms. The highest BCUT2D eigenvalue weighted by atomic mass is 32.2. The molecule has 1 fully saturated rings. The van der Waals surface area contributed by atoms with Crippen molar-refractivity contribution in [2.75, 3.05) is 38.5 Å². The highest BCUT2D eigenvalue weighted by Gasteiger charge is 2.30. The van der Waals surface area contributed by atoms with E-state index in [4.69, 9.17) is 5.73 Å². The quantitative estimate of drug-likeness (QED) is 0.796. The molecule has 2 heterocycles. The Morgan fingerprint density at radius 1 is 1.29 bits per heavy atom. The summed E-state index contributed by atoms with van der Waals surface area (Å²) in [5, 5.41) is 7.32. The molecule has 1 aromatic heterocycles. The molecule has 0 atom stereocenters. The normalized spacial score (nSPS) is 19.6. The van der Waals surface area contributed by atoms with Crippen LogP contribution < -0.4 is 5.73 Å². The van der Waals surface area contributed by atoms with Crippen molar-refractivity contribution in [3.05, 3.63) is 0 Å². The standard InChI is InChI=1S/C8H15N5O2S2/c1-2-12-3-5-13(6-4-12)17(14,15)8-11-10-7(9)16-8/h2-6H2,1H3,(H2,9,10). The summed E-state index contributed by atoms with van der Waals surface area (Å²) in [5.41, 5.74) is 5.40. The van der Waals surface area contributed by atoms with E-state index in [9.17, 15) is 8.42 Å². The Labute approximate surface area is 104 Å². The lowest BCUT2D eigenvalue weighted by Crippen LogP contribution is -2.48. The third-order valence-corrected chi connectivity index (χ3v) is 5.76. The third kappa shape index (κ3) is 2.57. The zero-order valence-electron chi connectivity index (χ0n) is 9.53. The van der Waals surface area contributed by atoms with E-state index in [2.05, 4.69) is 22.0 Å². The maximum Gasteiger partial charge on any atom is 0.272 e. The van der Waals surface area contributed by atoms with Gasteiger partial charge in [-0.1, -0.05) is 18.3 Å². The number of piperazine rings is 1. The number of sulfonamides is 1. The van der Waals surface area contributed by atoms with Gasteiger partial charge in [0, 0.05) is 26.2 Å². The molecule has 1 aliphatic heterocycles. The molecule has 0 unspecified atom stereocenters. The number of aromatic nitrogens is 2. The van der Waals surface area contributed by atoms with E-state index in [-0.39, 0.29) is 9.47 Å². The molecule has 0 radical (unpaired) electrons. The predicted molar refractivity (Wildman–Crippen MR) is 65.2 cm³/mol. The Bertz CT molecular complexity index is 478. The van der Waals surface area contributed by atoms with Crippen molar-refractivity contribution in [3.8, 4) is 0 Å². The van der Waals surface area contributed by atoms with E-state index in [1.165, 1.54) is 4.31 Å². The molecule has 0 amide bonds. The molecule has 7 nitrogen and oxygen atoms in total. The molecule has 1 saturated heterocycles. The average molecular weight is 277 g/mol. The van der Waals surface area contributed by atoms with Gasteiger partial charge in [-0.15, -0.1) is 10.2 Å². The second kappa shape index (κ2) is 4.84. The number of rotatable bonds is 3. The zero-order valence-corrected chi connectivity index (χ0v) is 11.2. The van der Waals surface area contributed by atoms with Gasteiger partial charge < -0.3 is 10.6 Å². The largest absolute Gasteiger partial charge is 0.374 e. The van der Waals surface area contributed by atoms with E-state index in [0.29, 0.717) is 13.1 Å². The molecular weight excluding hydrogens is 262 g/mol. The van der Waals surface area contributed by atoms with Crippen LogP contribution in [0.5, 0.6) is 0 Å². The van der Waals surface area contributed by atoms with Gasteiger partial charge in [0.05, 0.1) is 0 Å². The fourth-order valence-corrected chi connectivity index (χ4v) is 4.07. The monoisotopic (exact) mass is 277 g/mol. The van der Waals surface area contributed by atoms with Gasteiger partial charge in [0.1, 0.15) is 0 Å². The minimum absolute atomic E-state index is 0.0139. The first-order chi connectivity index (χ1) is 8.04. The van der Waals surface area contributed by atoms with E-state index >= 15 is 0 Å². The second-order valence-corrected chi connectivity index (χ2v) is 6.87. The van der Waals surface area contributed by atoms with Crippen molar-refractivity contribution in [2.24, 2.45) is 0 Å². The predicted octanol–water partition coefficient (Wildman–Crippen LogP) is -0.553. The van der Waals surface area contributed by atoms with Gasteiger partial charge in [0.25, 0.3) is 10.0 Å². The number of anilines is 1. The van der Waals surface area contributed by atoms with Crippen LogP contribution in [0.15, 0.2) is 4.34 Å². The maximum atomic E-state index is 12.2. The molecule has 2 N–H and O–H groups in total. The molecule has 96 valence electrons. The second-order valence-electron chi connectivity index (χ2n) is 3.74. The minimum atomic E-state index is -3.50. The maximum absolute atomic E-state index is 12.2. The summed E-state index contributed by atoms with van der Waals surface area (Å²) in [6.45, 7) is 5.51. The number of nitrogen functional groups attached to an aromatic ring is 1. The lowest BCUT2D eigenvalue weighted by atomic mass is 10.4. The number of nitrogens with two attached hydrogens (primary N) is 1. The SMILES string of the molecule is CCN1CCN(S(=O)(=O)c2nnc(N)s2)CC1. The van der Waals surface area contributed by atoms with Crippen LogP contribution in [0.4, 0.5) is 5.13 Å². The van der Waals surface area contributed by atoms with E-state index < -0.39 is 10.0 Å².